The number of pyridine rings is 1. The predicted molar refractivity (Wildman–Crippen MR) is 79.5 cm³/mol. The van der Waals surface area contributed by atoms with Crippen molar-refractivity contribution >= 4 is 45.0 Å². The zero-order valence-electron chi connectivity index (χ0n) is 10.3. The van der Waals surface area contributed by atoms with Crippen LogP contribution in [0.25, 0.3) is 0 Å². The van der Waals surface area contributed by atoms with Gasteiger partial charge in [-0.2, -0.15) is 11.8 Å². The number of hydrogen-bond acceptors (Lipinski definition) is 4. The zero-order valence-corrected chi connectivity index (χ0v) is 13.4. The summed E-state index contributed by atoms with van der Waals surface area (Å²) in [5, 5.41) is 0.561. The second-order valence-electron chi connectivity index (χ2n) is 4.38. The second kappa shape index (κ2) is 6.18. The molecule has 0 bridgehead atoms. The van der Waals surface area contributed by atoms with Crippen molar-refractivity contribution in [1.29, 1.82) is 0 Å². The van der Waals surface area contributed by atoms with Gasteiger partial charge in [-0.1, -0.05) is 29.6 Å². The van der Waals surface area contributed by atoms with Gasteiger partial charge in [-0.3, -0.25) is 0 Å². The largest absolute Gasteiger partial charge is 0.242 e. The number of halogens is 2. The Morgan fingerprint density at radius 3 is 2.79 bits per heavy atom. The van der Waals surface area contributed by atoms with Crippen molar-refractivity contribution < 1.29 is 8.42 Å². The van der Waals surface area contributed by atoms with E-state index in [9.17, 15) is 8.42 Å². The van der Waals surface area contributed by atoms with Crippen LogP contribution in [0.5, 0.6) is 0 Å². The molecule has 0 aliphatic heterocycles. The third-order valence-corrected chi connectivity index (χ3v) is 6.46. The third kappa shape index (κ3) is 3.55. The molecule has 0 radical (unpaired) electrons. The number of thioether (sulfide) groups is 1. The Kier molecular flexibility index (Phi) is 5.00. The van der Waals surface area contributed by atoms with Crippen LogP contribution in [0.2, 0.25) is 10.2 Å². The average Bonchev–Trinajstić information content (AvgIpc) is 2.79. The van der Waals surface area contributed by atoms with E-state index in [0.717, 1.165) is 19.3 Å². The summed E-state index contributed by atoms with van der Waals surface area (Å²) >= 11 is 13.2. The topological polar surface area (TPSA) is 59.1 Å². The Balaban J connectivity index is 2.20. The predicted octanol–water partition coefficient (Wildman–Crippen LogP) is 2.95. The molecule has 1 aliphatic carbocycles. The lowest BCUT2D eigenvalue weighted by molar-refractivity contribution is 0.555. The van der Waals surface area contributed by atoms with Crippen molar-refractivity contribution in [2.45, 2.75) is 35.4 Å². The molecule has 1 aliphatic rings. The number of aromatic nitrogens is 1. The van der Waals surface area contributed by atoms with Gasteiger partial charge < -0.3 is 0 Å². The standard InChI is InChI=1S/C11H14Cl2N2O2S2/c1-18-10-4-2-3-9(10)15-19(16,17)7-5-8(12)11(13)14-6-7/h5-6,9-10,15H,2-4H2,1H3. The maximum Gasteiger partial charge on any atom is 0.242 e. The van der Waals surface area contributed by atoms with Crippen LogP contribution in [0.4, 0.5) is 0 Å². The highest BCUT2D eigenvalue weighted by Gasteiger charge is 2.31. The minimum Gasteiger partial charge on any atom is -0.242 e. The van der Waals surface area contributed by atoms with Crippen molar-refractivity contribution in [3.05, 3.63) is 22.4 Å². The minimum absolute atomic E-state index is 0.0329. The highest BCUT2D eigenvalue weighted by Crippen LogP contribution is 2.30. The van der Waals surface area contributed by atoms with E-state index in [-0.39, 0.29) is 21.1 Å². The Bertz CT molecular complexity index is 566. The van der Waals surface area contributed by atoms with Crippen LogP contribution in [0.15, 0.2) is 17.2 Å². The summed E-state index contributed by atoms with van der Waals surface area (Å²) < 4.78 is 27.2. The quantitative estimate of drug-likeness (QED) is 0.856. The van der Waals surface area contributed by atoms with Crippen molar-refractivity contribution in [3.63, 3.8) is 0 Å². The summed E-state index contributed by atoms with van der Waals surface area (Å²) in [6.07, 6.45) is 6.16. The van der Waals surface area contributed by atoms with Gasteiger partial charge in [-0.15, -0.1) is 0 Å². The number of rotatable bonds is 4. The first-order chi connectivity index (χ1) is 8.94. The monoisotopic (exact) mass is 340 g/mol. The molecule has 2 unspecified atom stereocenters. The van der Waals surface area contributed by atoms with Gasteiger partial charge in [0, 0.05) is 17.5 Å². The lowest BCUT2D eigenvalue weighted by Crippen LogP contribution is -2.38. The molecular formula is C11H14Cl2N2O2S2. The highest BCUT2D eigenvalue weighted by atomic mass is 35.5. The van der Waals surface area contributed by atoms with Crippen molar-refractivity contribution in [3.8, 4) is 0 Å². The number of nitrogens with one attached hydrogen (secondary N) is 1. The van der Waals surface area contributed by atoms with Gasteiger partial charge in [-0.25, -0.2) is 18.1 Å². The van der Waals surface area contributed by atoms with E-state index in [1.54, 1.807) is 11.8 Å². The molecule has 1 N–H and O–H groups in total. The van der Waals surface area contributed by atoms with E-state index in [1.807, 2.05) is 6.26 Å². The molecule has 1 aromatic heterocycles. The highest BCUT2D eigenvalue weighted by molar-refractivity contribution is 7.99. The van der Waals surface area contributed by atoms with Crippen molar-refractivity contribution in [2.75, 3.05) is 6.26 Å². The fourth-order valence-corrected chi connectivity index (χ4v) is 4.80. The summed E-state index contributed by atoms with van der Waals surface area (Å²) in [5.74, 6) is 0. The van der Waals surface area contributed by atoms with E-state index in [0.29, 0.717) is 5.25 Å². The minimum atomic E-state index is -3.59. The van der Waals surface area contributed by atoms with E-state index in [2.05, 4.69) is 9.71 Å². The SMILES string of the molecule is CSC1CCCC1NS(=O)(=O)c1cnc(Cl)c(Cl)c1. The van der Waals surface area contributed by atoms with E-state index >= 15 is 0 Å². The Hall–Kier alpha value is -0.0100. The zero-order chi connectivity index (χ0) is 14.0. The molecule has 8 heteroatoms. The molecule has 2 atom stereocenters. The molecule has 0 amide bonds. The summed E-state index contributed by atoms with van der Waals surface area (Å²) in [7, 11) is -3.59. The van der Waals surface area contributed by atoms with Crippen LogP contribution >= 0.6 is 35.0 Å². The van der Waals surface area contributed by atoms with Gasteiger partial charge in [0.1, 0.15) is 10.0 Å². The van der Waals surface area contributed by atoms with Crippen LogP contribution in [-0.4, -0.2) is 30.9 Å². The van der Waals surface area contributed by atoms with Gasteiger partial charge in [0.05, 0.1) is 5.02 Å². The van der Waals surface area contributed by atoms with Crippen LogP contribution < -0.4 is 4.72 Å². The smallest absolute Gasteiger partial charge is 0.242 e. The number of nitrogens with zero attached hydrogens (tertiary/aromatic N) is 1. The lowest BCUT2D eigenvalue weighted by atomic mass is 10.3. The Labute approximate surface area is 127 Å². The van der Waals surface area contributed by atoms with Crippen molar-refractivity contribution in [2.24, 2.45) is 0 Å². The molecule has 1 aromatic rings. The first kappa shape index (κ1) is 15.4. The normalized spacial score (nSPS) is 23.7. The maximum absolute atomic E-state index is 12.3. The molecule has 0 saturated heterocycles. The molecule has 1 heterocycles. The van der Waals surface area contributed by atoms with Crippen LogP contribution in [-0.2, 0) is 10.0 Å². The van der Waals surface area contributed by atoms with E-state index in [4.69, 9.17) is 23.2 Å². The summed E-state index contributed by atoms with van der Waals surface area (Å²) in [6.45, 7) is 0. The first-order valence-electron chi connectivity index (χ1n) is 5.80. The second-order valence-corrected chi connectivity index (χ2v) is 7.93. The third-order valence-electron chi connectivity index (χ3n) is 3.14. The van der Waals surface area contributed by atoms with Crippen LogP contribution in [0.1, 0.15) is 19.3 Å². The fraction of sp³-hybridized carbons (Fsp3) is 0.545. The molecule has 106 valence electrons. The number of hydrogen-bond donors (Lipinski definition) is 1. The van der Waals surface area contributed by atoms with Gasteiger partial charge in [0.15, 0.2) is 0 Å². The molecule has 4 nitrogen and oxygen atoms in total. The summed E-state index contributed by atoms with van der Waals surface area (Å²) in [4.78, 5) is 3.82. The van der Waals surface area contributed by atoms with Crippen LogP contribution in [0, 0.1) is 0 Å². The first-order valence-corrected chi connectivity index (χ1v) is 9.33. The van der Waals surface area contributed by atoms with Gasteiger partial charge in [0.2, 0.25) is 10.0 Å². The molecule has 19 heavy (non-hydrogen) atoms. The average molecular weight is 341 g/mol. The summed E-state index contributed by atoms with van der Waals surface area (Å²) in [5.41, 5.74) is 0. The molecule has 0 aromatic carbocycles. The molecular weight excluding hydrogens is 327 g/mol. The molecule has 1 saturated carbocycles. The van der Waals surface area contributed by atoms with Crippen LogP contribution in [0.3, 0.4) is 0 Å². The summed E-state index contributed by atoms with van der Waals surface area (Å²) in [6, 6.07) is 1.29. The fourth-order valence-electron chi connectivity index (χ4n) is 2.16. The Morgan fingerprint density at radius 2 is 2.16 bits per heavy atom. The maximum atomic E-state index is 12.3. The van der Waals surface area contributed by atoms with Gasteiger partial charge in [0.25, 0.3) is 0 Å². The van der Waals surface area contributed by atoms with Gasteiger partial charge >= 0.3 is 0 Å². The van der Waals surface area contributed by atoms with Crippen molar-refractivity contribution in [1.82, 2.24) is 9.71 Å². The Morgan fingerprint density at radius 1 is 1.42 bits per heavy atom. The number of sulfonamides is 1. The van der Waals surface area contributed by atoms with E-state index in [1.165, 1.54) is 12.3 Å². The molecule has 1 fully saturated rings. The molecule has 2 rings (SSSR count). The van der Waals surface area contributed by atoms with E-state index < -0.39 is 10.0 Å². The van der Waals surface area contributed by atoms with Gasteiger partial charge in [-0.05, 0) is 25.2 Å². The lowest BCUT2D eigenvalue weighted by Gasteiger charge is -2.19. The molecule has 0 spiro atoms.